The Morgan fingerprint density at radius 2 is 1.86 bits per heavy atom. The molecule has 0 aliphatic carbocycles. The number of benzene rings is 1. The van der Waals surface area contributed by atoms with Gasteiger partial charge in [0.05, 0.1) is 0 Å². The largest absolute Gasteiger partial charge is 0.438 e. The van der Waals surface area contributed by atoms with Crippen molar-refractivity contribution < 1.29 is 19.4 Å². The summed E-state index contributed by atoms with van der Waals surface area (Å²) in [6.45, 7) is -0.694. The lowest BCUT2D eigenvalue weighted by atomic mass is 10.1. The van der Waals surface area contributed by atoms with Crippen molar-refractivity contribution in [2.45, 2.75) is 6.42 Å². The Kier molecular flexibility index (Phi) is 3.82. The smallest absolute Gasteiger partial charge is 0.315 e. The van der Waals surface area contributed by atoms with Crippen molar-refractivity contribution in [2.24, 2.45) is 0 Å². The third-order valence-electron chi connectivity index (χ3n) is 1.63. The predicted molar refractivity (Wildman–Crippen MR) is 48.6 cm³/mol. The molecule has 0 bridgehead atoms. The van der Waals surface area contributed by atoms with Gasteiger partial charge in [0.1, 0.15) is 6.42 Å². The Morgan fingerprint density at radius 3 is 2.43 bits per heavy atom. The van der Waals surface area contributed by atoms with Crippen molar-refractivity contribution in [1.82, 2.24) is 0 Å². The van der Waals surface area contributed by atoms with Gasteiger partial charge in [0.2, 0.25) is 0 Å². The van der Waals surface area contributed by atoms with E-state index >= 15 is 0 Å². The lowest BCUT2D eigenvalue weighted by molar-refractivity contribution is -0.150. The van der Waals surface area contributed by atoms with Gasteiger partial charge in [-0.05, 0) is 0 Å². The van der Waals surface area contributed by atoms with Gasteiger partial charge in [0.15, 0.2) is 12.6 Å². The highest BCUT2D eigenvalue weighted by molar-refractivity contribution is 6.05. The Bertz CT molecular complexity index is 318. The molecule has 0 heterocycles. The molecule has 1 aromatic rings. The van der Waals surface area contributed by atoms with Crippen LogP contribution in [0.1, 0.15) is 16.8 Å². The average molecular weight is 194 g/mol. The third-order valence-corrected chi connectivity index (χ3v) is 1.63. The molecule has 0 saturated heterocycles. The third kappa shape index (κ3) is 2.99. The fourth-order valence-electron chi connectivity index (χ4n) is 0.980. The molecular weight excluding hydrogens is 184 g/mol. The summed E-state index contributed by atoms with van der Waals surface area (Å²) >= 11 is 0. The molecule has 0 fully saturated rings. The van der Waals surface area contributed by atoms with Gasteiger partial charge in [0, 0.05) is 5.56 Å². The van der Waals surface area contributed by atoms with E-state index in [1.807, 2.05) is 0 Å². The van der Waals surface area contributed by atoms with Crippen molar-refractivity contribution in [3.63, 3.8) is 0 Å². The van der Waals surface area contributed by atoms with Gasteiger partial charge in [-0.25, -0.2) is 0 Å². The topological polar surface area (TPSA) is 63.6 Å². The van der Waals surface area contributed by atoms with Crippen molar-refractivity contribution in [3.05, 3.63) is 35.9 Å². The highest BCUT2D eigenvalue weighted by Crippen LogP contribution is 2.03. The first kappa shape index (κ1) is 10.4. The van der Waals surface area contributed by atoms with Gasteiger partial charge < -0.3 is 9.84 Å². The molecule has 0 aliphatic heterocycles. The number of aliphatic hydroxyl groups excluding tert-OH is 1. The maximum Gasteiger partial charge on any atom is 0.315 e. The number of carbonyl (C=O) groups excluding carboxylic acids is 2. The number of Topliss-reactive ketones (excluding diaryl/α,β-unsaturated/α-hetero) is 1. The standard InChI is InChI=1S/C10H10O4/c11-7-14-10(13)6-9(12)8-4-2-1-3-5-8/h1-5,11H,6-7H2. The molecule has 0 amide bonds. The first-order valence-electron chi connectivity index (χ1n) is 4.09. The molecule has 0 spiro atoms. The van der Waals surface area contributed by atoms with Crippen LogP contribution >= 0.6 is 0 Å². The summed E-state index contributed by atoms with van der Waals surface area (Å²) in [5, 5.41) is 8.27. The molecule has 0 unspecified atom stereocenters. The summed E-state index contributed by atoms with van der Waals surface area (Å²) in [5.41, 5.74) is 0.461. The highest BCUT2D eigenvalue weighted by Gasteiger charge is 2.11. The van der Waals surface area contributed by atoms with Crippen molar-refractivity contribution >= 4 is 11.8 Å². The van der Waals surface area contributed by atoms with Crippen molar-refractivity contribution in [1.29, 1.82) is 0 Å². The van der Waals surface area contributed by atoms with Crippen LogP contribution in [0.3, 0.4) is 0 Å². The quantitative estimate of drug-likeness (QED) is 0.332. The molecule has 4 nitrogen and oxygen atoms in total. The maximum absolute atomic E-state index is 11.3. The van der Waals surface area contributed by atoms with E-state index in [1.54, 1.807) is 30.3 Å². The molecule has 0 atom stereocenters. The first-order chi connectivity index (χ1) is 6.74. The van der Waals surface area contributed by atoms with Crippen LogP contribution in [0, 0.1) is 0 Å². The van der Waals surface area contributed by atoms with E-state index < -0.39 is 12.8 Å². The van der Waals surface area contributed by atoms with E-state index in [-0.39, 0.29) is 12.2 Å². The number of ether oxygens (including phenoxy) is 1. The molecule has 0 aliphatic rings. The molecular formula is C10H10O4. The Labute approximate surface area is 81.1 Å². The number of aliphatic hydroxyl groups is 1. The van der Waals surface area contributed by atoms with Crippen LogP contribution < -0.4 is 0 Å². The zero-order chi connectivity index (χ0) is 10.4. The minimum atomic E-state index is -0.721. The number of ketones is 1. The minimum absolute atomic E-state index is 0.316. The molecule has 1 rings (SSSR count). The maximum atomic E-state index is 11.3. The summed E-state index contributed by atoms with van der Waals surface area (Å²) in [6.07, 6.45) is -0.343. The van der Waals surface area contributed by atoms with Crippen LogP contribution in [0.5, 0.6) is 0 Å². The second-order valence-corrected chi connectivity index (χ2v) is 2.61. The van der Waals surface area contributed by atoms with E-state index in [2.05, 4.69) is 4.74 Å². The van der Waals surface area contributed by atoms with E-state index in [9.17, 15) is 9.59 Å². The van der Waals surface area contributed by atoms with E-state index in [4.69, 9.17) is 5.11 Å². The number of hydrogen-bond donors (Lipinski definition) is 1. The lowest BCUT2D eigenvalue weighted by Crippen LogP contribution is -2.11. The first-order valence-corrected chi connectivity index (χ1v) is 4.09. The van der Waals surface area contributed by atoms with E-state index in [0.29, 0.717) is 5.56 Å². The monoisotopic (exact) mass is 194 g/mol. The minimum Gasteiger partial charge on any atom is -0.438 e. The van der Waals surface area contributed by atoms with Gasteiger partial charge in [-0.1, -0.05) is 30.3 Å². The van der Waals surface area contributed by atoms with Crippen LogP contribution in [0.15, 0.2) is 30.3 Å². The fraction of sp³-hybridized carbons (Fsp3) is 0.200. The van der Waals surface area contributed by atoms with Crippen LogP contribution in [0.25, 0.3) is 0 Å². The van der Waals surface area contributed by atoms with Crippen molar-refractivity contribution in [3.8, 4) is 0 Å². The van der Waals surface area contributed by atoms with Gasteiger partial charge in [-0.15, -0.1) is 0 Å². The van der Waals surface area contributed by atoms with Crippen LogP contribution in [0.4, 0.5) is 0 Å². The zero-order valence-electron chi connectivity index (χ0n) is 7.47. The van der Waals surface area contributed by atoms with E-state index in [1.165, 1.54) is 0 Å². The van der Waals surface area contributed by atoms with Gasteiger partial charge in [0.25, 0.3) is 0 Å². The number of hydrogen-bond acceptors (Lipinski definition) is 4. The molecule has 14 heavy (non-hydrogen) atoms. The Hall–Kier alpha value is -1.68. The molecule has 1 aromatic carbocycles. The normalized spacial score (nSPS) is 9.50. The average Bonchev–Trinajstić information content (AvgIpc) is 2.19. The van der Waals surface area contributed by atoms with E-state index in [0.717, 1.165) is 0 Å². The Balaban J connectivity index is 2.55. The molecule has 74 valence electrons. The molecule has 0 saturated carbocycles. The van der Waals surface area contributed by atoms with Gasteiger partial charge >= 0.3 is 5.97 Å². The summed E-state index contributed by atoms with van der Waals surface area (Å²) in [6, 6.07) is 8.45. The van der Waals surface area contributed by atoms with Crippen LogP contribution in [-0.2, 0) is 9.53 Å². The highest BCUT2D eigenvalue weighted by atomic mass is 16.6. The number of rotatable bonds is 4. The Morgan fingerprint density at radius 1 is 1.21 bits per heavy atom. The van der Waals surface area contributed by atoms with Crippen LogP contribution in [-0.4, -0.2) is 23.7 Å². The fourth-order valence-corrected chi connectivity index (χ4v) is 0.980. The predicted octanol–water partition coefficient (Wildman–Crippen LogP) is 0.752. The summed E-state index contributed by atoms with van der Waals surface area (Å²) in [7, 11) is 0. The SMILES string of the molecule is O=C(CC(=O)c1ccccc1)OCO. The number of carbonyl (C=O) groups is 2. The van der Waals surface area contributed by atoms with Crippen molar-refractivity contribution in [2.75, 3.05) is 6.79 Å². The summed E-state index contributed by atoms with van der Waals surface area (Å²) in [5.74, 6) is -1.04. The summed E-state index contributed by atoms with van der Waals surface area (Å²) in [4.78, 5) is 22.2. The second kappa shape index (κ2) is 5.14. The van der Waals surface area contributed by atoms with Crippen LogP contribution in [0.2, 0.25) is 0 Å². The molecule has 4 heteroatoms. The van der Waals surface area contributed by atoms with Gasteiger partial charge in [-0.2, -0.15) is 0 Å². The molecule has 0 radical (unpaired) electrons. The zero-order valence-corrected chi connectivity index (χ0v) is 7.47. The molecule has 0 aromatic heterocycles. The molecule has 1 N–H and O–H groups in total. The van der Waals surface area contributed by atoms with Gasteiger partial charge in [-0.3, -0.25) is 9.59 Å². The second-order valence-electron chi connectivity index (χ2n) is 2.61. The lowest BCUT2D eigenvalue weighted by Gasteiger charge is -2.00. The number of esters is 1. The summed E-state index contributed by atoms with van der Waals surface area (Å²) < 4.78 is 4.23.